The van der Waals surface area contributed by atoms with Crippen molar-refractivity contribution in [3.8, 4) is 0 Å². The van der Waals surface area contributed by atoms with Crippen molar-refractivity contribution in [2.75, 3.05) is 6.61 Å². The maximum Gasteiger partial charge on any atom is 0.244 e. The Hall–Kier alpha value is -2.17. The number of carbonyl (C=O) groups is 1. The Morgan fingerprint density at radius 2 is 2.05 bits per heavy atom. The molecule has 0 bridgehead atoms. The summed E-state index contributed by atoms with van der Waals surface area (Å²) >= 11 is 5.69. The summed E-state index contributed by atoms with van der Waals surface area (Å²) in [6, 6.07) is 12.3. The number of nitrogens with zero attached hydrogens (tertiary/aromatic N) is 1. The van der Waals surface area contributed by atoms with Crippen LogP contribution < -0.4 is 5.32 Å². The van der Waals surface area contributed by atoms with E-state index in [0.717, 1.165) is 11.1 Å². The number of aliphatic hydroxyl groups excluding tert-OH is 1. The van der Waals surface area contributed by atoms with Crippen LogP contribution in [0.3, 0.4) is 0 Å². The Labute approximate surface area is 128 Å². The summed E-state index contributed by atoms with van der Waals surface area (Å²) < 4.78 is 0. The minimum absolute atomic E-state index is 0.161. The van der Waals surface area contributed by atoms with Crippen molar-refractivity contribution in [1.82, 2.24) is 10.3 Å². The van der Waals surface area contributed by atoms with Gasteiger partial charge in [0.2, 0.25) is 5.91 Å². The van der Waals surface area contributed by atoms with Crippen LogP contribution in [0.25, 0.3) is 6.08 Å². The van der Waals surface area contributed by atoms with Gasteiger partial charge in [-0.1, -0.05) is 48.0 Å². The van der Waals surface area contributed by atoms with Gasteiger partial charge in [0.1, 0.15) is 5.15 Å². The van der Waals surface area contributed by atoms with E-state index in [4.69, 9.17) is 11.6 Å². The van der Waals surface area contributed by atoms with E-state index < -0.39 is 6.04 Å². The summed E-state index contributed by atoms with van der Waals surface area (Å²) in [5.74, 6) is -0.284. The largest absolute Gasteiger partial charge is 0.394 e. The van der Waals surface area contributed by atoms with Crippen LogP contribution in [0.4, 0.5) is 0 Å². The Bertz CT molecular complexity index is 612. The smallest absolute Gasteiger partial charge is 0.244 e. The van der Waals surface area contributed by atoms with Gasteiger partial charge in [0.25, 0.3) is 0 Å². The standard InChI is InChI=1S/C16H15ClN2O2/c17-15-8-6-12(10-18-15)7-9-16(21)19-14(11-20)13-4-2-1-3-5-13/h1-10,14,20H,11H2,(H,19,21)/b9-7+. The van der Waals surface area contributed by atoms with Crippen molar-refractivity contribution in [3.63, 3.8) is 0 Å². The van der Waals surface area contributed by atoms with Crippen LogP contribution in [0.15, 0.2) is 54.7 Å². The molecule has 108 valence electrons. The van der Waals surface area contributed by atoms with Gasteiger partial charge < -0.3 is 10.4 Å². The Morgan fingerprint density at radius 3 is 2.67 bits per heavy atom. The van der Waals surface area contributed by atoms with E-state index in [1.165, 1.54) is 6.08 Å². The molecule has 2 aromatic rings. The minimum atomic E-state index is -0.424. The second-order valence-electron chi connectivity index (χ2n) is 4.40. The van der Waals surface area contributed by atoms with Gasteiger partial charge in [-0.15, -0.1) is 0 Å². The predicted octanol–water partition coefficient (Wildman–Crippen LogP) is 2.60. The Morgan fingerprint density at radius 1 is 1.29 bits per heavy atom. The normalized spacial score (nSPS) is 12.3. The van der Waals surface area contributed by atoms with Crippen LogP contribution in [0.5, 0.6) is 0 Å². The van der Waals surface area contributed by atoms with Crippen molar-refractivity contribution in [2.24, 2.45) is 0 Å². The average Bonchev–Trinajstić information content (AvgIpc) is 2.53. The Kier molecular flexibility index (Phi) is 5.49. The van der Waals surface area contributed by atoms with Crippen LogP contribution in [0.1, 0.15) is 17.2 Å². The van der Waals surface area contributed by atoms with Crippen LogP contribution in [0.2, 0.25) is 5.15 Å². The Balaban J connectivity index is 1.98. The SMILES string of the molecule is O=C(/C=C/c1ccc(Cl)nc1)NC(CO)c1ccccc1. The van der Waals surface area contributed by atoms with Crippen molar-refractivity contribution >= 4 is 23.6 Å². The van der Waals surface area contributed by atoms with Crippen LogP contribution in [-0.4, -0.2) is 22.6 Å². The van der Waals surface area contributed by atoms with Crippen LogP contribution in [-0.2, 0) is 4.79 Å². The molecule has 0 radical (unpaired) electrons. The molecule has 0 spiro atoms. The summed E-state index contributed by atoms with van der Waals surface area (Å²) in [5, 5.41) is 12.5. The molecule has 0 saturated heterocycles. The number of aromatic nitrogens is 1. The molecule has 2 N–H and O–H groups in total. The number of pyridine rings is 1. The highest BCUT2D eigenvalue weighted by Gasteiger charge is 2.11. The molecule has 5 heteroatoms. The quantitative estimate of drug-likeness (QED) is 0.659. The van der Waals surface area contributed by atoms with E-state index in [-0.39, 0.29) is 12.5 Å². The zero-order chi connectivity index (χ0) is 15.1. The molecule has 0 aliphatic heterocycles. The van der Waals surface area contributed by atoms with Crippen molar-refractivity contribution < 1.29 is 9.90 Å². The molecule has 0 saturated carbocycles. The molecule has 0 aliphatic carbocycles. The van der Waals surface area contributed by atoms with Crippen LogP contribution in [0, 0.1) is 0 Å². The molecule has 0 aliphatic rings. The highest BCUT2D eigenvalue weighted by atomic mass is 35.5. The van der Waals surface area contributed by atoms with Gasteiger partial charge in [-0.25, -0.2) is 4.98 Å². The zero-order valence-electron chi connectivity index (χ0n) is 11.2. The fourth-order valence-electron chi connectivity index (χ4n) is 1.80. The van der Waals surface area contributed by atoms with Gasteiger partial charge in [-0.2, -0.15) is 0 Å². The number of hydrogen-bond donors (Lipinski definition) is 2. The van der Waals surface area contributed by atoms with E-state index in [0.29, 0.717) is 5.15 Å². The average molecular weight is 303 g/mol. The van der Waals surface area contributed by atoms with Crippen molar-refractivity contribution in [3.05, 3.63) is 71.0 Å². The molecule has 1 aromatic heterocycles. The van der Waals surface area contributed by atoms with Gasteiger partial charge in [-0.05, 0) is 23.3 Å². The third-order valence-corrected chi connectivity index (χ3v) is 3.10. The first-order chi connectivity index (χ1) is 10.2. The third kappa shape index (κ3) is 4.70. The monoisotopic (exact) mass is 302 g/mol. The van der Waals surface area contributed by atoms with E-state index in [9.17, 15) is 9.90 Å². The zero-order valence-corrected chi connectivity index (χ0v) is 12.0. The number of halogens is 1. The minimum Gasteiger partial charge on any atom is -0.394 e. The number of amides is 1. The molecule has 0 fully saturated rings. The maximum absolute atomic E-state index is 11.9. The van der Waals surface area contributed by atoms with E-state index in [1.807, 2.05) is 30.3 Å². The molecule has 1 aromatic carbocycles. The number of nitrogens with one attached hydrogen (secondary N) is 1. The lowest BCUT2D eigenvalue weighted by molar-refractivity contribution is -0.117. The fraction of sp³-hybridized carbons (Fsp3) is 0.125. The van der Waals surface area contributed by atoms with Gasteiger partial charge in [0.05, 0.1) is 12.6 Å². The van der Waals surface area contributed by atoms with Gasteiger partial charge in [0.15, 0.2) is 0 Å². The lowest BCUT2D eigenvalue weighted by Crippen LogP contribution is -2.29. The maximum atomic E-state index is 11.9. The number of rotatable bonds is 5. The van der Waals surface area contributed by atoms with E-state index >= 15 is 0 Å². The predicted molar refractivity (Wildman–Crippen MR) is 82.7 cm³/mol. The number of benzene rings is 1. The number of carbonyl (C=O) groups excluding carboxylic acids is 1. The van der Waals surface area contributed by atoms with Gasteiger partial charge in [-0.3, -0.25) is 4.79 Å². The molecule has 1 atom stereocenters. The molecular formula is C16H15ClN2O2. The first-order valence-electron chi connectivity index (χ1n) is 6.45. The number of aliphatic hydroxyl groups is 1. The van der Waals surface area contributed by atoms with E-state index in [1.54, 1.807) is 24.4 Å². The lowest BCUT2D eigenvalue weighted by Gasteiger charge is -2.15. The first-order valence-corrected chi connectivity index (χ1v) is 6.83. The summed E-state index contributed by atoms with van der Waals surface area (Å²) in [7, 11) is 0. The summed E-state index contributed by atoms with van der Waals surface area (Å²) in [6.45, 7) is -0.161. The highest BCUT2D eigenvalue weighted by molar-refractivity contribution is 6.29. The van der Waals surface area contributed by atoms with E-state index in [2.05, 4.69) is 10.3 Å². The fourth-order valence-corrected chi connectivity index (χ4v) is 1.91. The summed E-state index contributed by atoms with van der Waals surface area (Å²) in [5.41, 5.74) is 1.63. The summed E-state index contributed by atoms with van der Waals surface area (Å²) in [4.78, 5) is 15.8. The molecule has 1 unspecified atom stereocenters. The van der Waals surface area contributed by atoms with Gasteiger partial charge >= 0.3 is 0 Å². The molecule has 2 rings (SSSR count). The van der Waals surface area contributed by atoms with Gasteiger partial charge in [0, 0.05) is 12.3 Å². The summed E-state index contributed by atoms with van der Waals surface area (Å²) in [6.07, 6.45) is 4.61. The molecule has 1 heterocycles. The highest BCUT2D eigenvalue weighted by Crippen LogP contribution is 2.12. The number of hydrogen-bond acceptors (Lipinski definition) is 3. The third-order valence-electron chi connectivity index (χ3n) is 2.88. The molecular weight excluding hydrogens is 288 g/mol. The second-order valence-corrected chi connectivity index (χ2v) is 4.79. The topological polar surface area (TPSA) is 62.2 Å². The molecule has 21 heavy (non-hydrogen) atoms. The second kappa shape index (κ2) is 7.57. The first kappa shape index (κ1) is 15.2. The van der Waals surface area contributed by atoms with Crippen LogP contribution >= 0.6 is 11.6 Å². The van der Waals surface area contributed by atoms with Crippen molar-refractivity contribution in [2.45, 2.75) is 6.04 Å². The molecule has 1 amide bonds. The van der Waals surface area contributed by atoms with Crippen molar-refractivity contribution in [1.29, 1.82) is 0 Å². The lowest BCUT2D eigenvalue weighted by atomic mass is 10.1. The molecule has 4 nitrogen and oxygen atoms in total.